The van der Waals surface area contributed by atoms with Gasteiger partial charge in [-0.15, -0.1) is 0 Å². The molecular formula is C31H29N3O4. The van der Waals surface area contributed by atoms with E-state index in [1.807, 2.05) is 36.4 Å². The van der Waals surface area contributed by atoms with Crippen molar-refractivity contribution in [3.05, 3.63) is 99.1 Å². The molecule has 5 rings (SSSR count). The van der Waals surface area contributed by atoms with Crippen LogP contribution in [0.3, 0.4) is 0 Å². The monoisotopic (exact) mass is 507 g/mol. The lowest BCUT2D eigenvalue weighted by Gasteiger charge is -2.20. The number of fused-ring (bicyclic) bond motifs is 4. The van der Waals surface area contributed by atoms with Crippen LogP contribution in [0.2, 0.25) is 0 Å². The summed E-state index contributed by atoms with van der Waals surface area (Å²) in [4.78, 5) is 43.6. The summed E-state index contributed by atoms with van der Waals surface area (Å²) < 4.78 is 0. The molecule has 1 aliphatic carbocycles. The second kappa shape index (κ2) is 10.9. The molecule has 0 bridgehead atoms. The van der Waals surface area contributed by atoms with Gasteiger partial charge in [-0.3, -0.25) is 19.7 Å². The molecule has 1 N–H and O–H groups in total. The van der Waals surface area contributed by atoms with Crippen molar-refractivity contribution in [2.45, 2.75) is 45.4 Å². The van der Waals surface area contributed by atoms with Crippen molar-refractivity contribution in [3.8, 4) is 11.3 Å². The van der Waals surface area contributed by atoms with Gasteiger partial charge in [0.25, 0.3) is 5.69 Å². The zero-order valence-electron chi connectivity index (χ0n) is 21.3. The third-order valence-electron chi connectivity index (χ3n) is 7.07. The molecule has 7 heteroatoms. The molecule has 7 nitrogen and oxygen atoms in total. The van der Waals surface area contributed by atoms with Crippen molar-refractivity contribution in [1.82, 2.24) is 4.98 Å². The summed E-state index contributed by atoms with van der Waals surface area (Å²) in [5.74, 6) is -0.958. The topological polar surface area (TPSA) is 102 Å². The van der Waals surface area contributed by atoms with E-state index in [-0.39, 0.29) is 27.9 Å². The summed E-state index contributed by atoms with van der Waals surface area (Å²) in [6, 6.07) is 19.3. The number of nitrogens with zero attached hydrogens (tertiary/aromatic N) is 2. The highest BCUT2D eigenvalue weighted by molar-refractivity contribution is 6.33. The number of hydrogen-bond acceptors (Lipinski definition) is 6. The van der Waals surface area contributed by atoms with Crippen LogP contribution in [0.25, 0.3) is 22.2 Å². The smallest absolute Gasteiger partial charge is 0.282 e. The number of carbonyl (C=O) groups excluding carboxylic acids is 2. The van der Waals surface area contributed by atoms with Gasteiger partial charge in [0.2, 0.25) is 5.78 Å². The molecule has 0 saturated heterocycles. The normalized spacial score (nSPS) is 12.3. The number of nitro benzene ring substituents is 1. The Morgan fingerprint density at radius 3 is 2.13 bits per heavy atom. The number of benzene rings is 3. The maximum Gasteiger partial charge on any atom is 0.282 e. The van der Waals surface area contributed by atoms with Crippen molar-refractivity contribution in [1.29, 1.82) is 0 Å². The Kier molecular flexibility index (Phi) is 7.26. The zero-order chi connectivity index (χ0) is 26.6. The molecule has 1 aromatic heterocycles. The number of pyridine rings is 1. The molecule has 0 spiro atoms. The fourth-order valence-electron chi connectivity index (χ4n) is 5.12. The van der Waals surface area contributed by atoms with Gasteiger partial charge in [0.1, 0.15) is 5.56 Å². The first-order valence-corrected chi connectivity index (χ1v) is 13.1. The summed E-state index contributed by atoms with van der Waals surface area (Å²) in [6.07, 6.45) is 6.83. The Hall–Kier alpha value is -4.39. The van der Waals surface area contributed by atoms with Crippen LogP contribution in [0, 0.1) is 10.1 Å². The third-order valence-corrected chi connectivity index (χ3v) is 7.07. The number of aromatic nitrogens is 1. The van der Waals surface area contributed by atoms with Gasteiger partial charge in [-0.2, -0.15) is 0 Å². The maximum absolute atomic E-state index is 13.8. The van der Waals surface area contributed by atoms with Gasteiger partial charge < -0.3 is 5.32 Å². The van der Waals surface area contributed by atoms with E-state index < -0.39 is 16.5 Å². The number of nitrogens with one attached hydrogen (secondary N) is 1. The largest absolute Gasteiger partial charge is 0.384 e. The highest BCUT2D eigenvalue weighted by Gasteiger charge is 2.38. The Balaban J connectivity index is 1.67. The molecule has 4 aromatic rings. The van der Waals surface area contributed by atoms with Gasteiger partial charge in [0.15, 0.2) is 5.78 Å². The van der Waals surface area contributed by atoms with E-state index in [9.17, 15) is 19.7 Å². The molecule has 0 aliphatic heterocycles. The molecule has 3 aromatic carbocycles. The maximum atomic E-state index is 13.8. The van der Waals surface area contributed by atoms with Crippen molar-refractivity contribution in [2.24, 2.45) is 0 Å². The number of rotatable bonds is 10. The number of carbonyl (C=O) groups is 2. The number of unbranched alkanes of at least 4 members (excludes halogenated alkanes) is 5. The minimum Gasteiger partial charge on any atom is -0.384 e. The van der Waals surface area contributed by atoms with Crippen LogP contribution in [0.1, 0.15) is 77.3 Å². The van der Waals surface area contributed by atoms with Crippen molar-refractivity contribution in [3.63, 3.8) is 0 Å². The second-order valence-electron chi connectivity index (χ2n) is 9.62. The lowest BCUT2D eigenvalue weighted by Crippen LogP contribution is -2.23. The molecule has 0 fully saturated rings. The fourth-order valence-corrected chi connectivity index (χ4v) is 5.12. The molecule has 0 unspecified atom stereocenters. The summed E-state index contributed by atoms with van der Waals surface area (Å²) in [7, 11) is 0. The number of ketones is 2. The first kappa shape index (κ1) is 25.3. The molecule has 0 amide bonds. The summed E-state index contributed by atoms with van der Waals surface area (Å²) in [5, 5.41) is 16.1. The molecule has 0 radical (unpaired) electrons. The number of hydrogen-bond donors (Lipinski definition) is 1. The van der Waals surface area contributed by atoms with E-state index in [0.29, 0.717) is 28.8 Å². The van der Waals surface area contributed by atoms with Crippen LogP contribution in [0.5, 0.6) is 0 Å². The van der Waals surface area contributed by atoms with Crippen molar-refractivity contribution < 1.29 is 14.5 Å². The van der Waals surface area contributed by atoms with Crippen LogP contribution in [0.15, 0.2) is 66.7 Å². The second-order valence-corrected chi connectivity index (χ2v) is 9.62. The highest BCUT2D eigenvalue weighted by Crippen LogP contribution is 2.41. The minimum atomic E-state index is -0.583. The Bertz CT molecular complexity index is 1550. The van der Waals surface area contributed by atoms with Gasteiger partial charge in [0.05, 0.1) is 21.7 Å². The predicted molar refractivity (Wildman–Crippen MR) is 149 cm³/mol. The Morgan fingerprint density at radius 2 is 1.45 bits per heavy atom. The molecule has 38 heavy (non-hydrogen) atoms. The third kappa shape index (κ3) is 4.67. The van der Waals surface area contributed by atoms with E-state index in [1.165, 1.54) is 31.4 Å². The molecule has 0 saturated carbocycles. The molecule has 1 heterocycles. The first-order valence-electron chi connectivity index (χ1n) is 13.1. The van der Waals surface area contributed by atoms with Crippen molar-refractivity contribution in [2.75, 3.05) is 11.9 Å². The van der Waals surface area contributed by atoms with E-state index in [2.05, 4.69) is 12.2 Å². The predicted octanol–water partition coefficient (Wildman–Crippen LogP) is 7.36. The van der Waals surface area contributed by atoms with Gasteiger partial charge in [0, 0.05) is 40.4 Å². The van der Waals surface area contributed by atoms with Gasteiger partial charge in [-0.1, -0.05) is 93.6 Å². The van der Waals surface area contributed by atoms with Crippen molar-refractivity contribution >= 4 is 33.8 Å². The van der Waals surface area contributed by atoms with E-state index in [4.69, 9.17) is 4.98 Å². The molecule has 0 atom stereocenters. The van der Waals surface area contributed by atoms with E-state index in [1.54, 1.807) is 18.2 Å². The van der Waals surface area contributed by atoms with E-state index >= 15 is 0 Å². The SMILES string of the molecule is CCCCCCCCNc1cc(-c2ccccc2)nc2c3c(c([N+](=O)[O-])cc12)C(=O)c1ccccc1C3=O. The van der Waals surface area contributed by atoms with Crippen LogP contribution >= 0.6 is 0 Å². The number of nitro groups is 1. The van der Waals surface area contributed by atoms with Gasteiger partial charge in [-0.05, 0) is 12.5 Å². The van der Waals surface area contributed by atoms with Gasteiger partial charge >= 0.3 is 0 Å². The van der Waals surface area contributed by atoms with E-state index in [0.717, 1.165) is 24.8 Å². The minimum absolute atomic E-state index is 0.00158. The standard InChI is InChI=1S/C31H29N3O4/c1-2-3-4-5-6-12-17-32-25-19-24(20-13-8-7-9-14-20)33-29-23(25)18-26(34(37)38)27-28(29)31(36)22-16-11-10-15-21(22)30(27)35/h7-11,13-16,18-19H,2-6,12,17H2,1H3,(H,32,33). The Labute approximate surface area is 221 Å². The lowest BCUT2D eigenvalue weighted by atomic mass is 9.81. The average molecular weight is 508 g/mol. The van der Waals surface area contributed by atoms with Crippen LogP contribution < -0.4 is 5.32 Å². The first-order chi connectivity index (χ1) is 18.5. The van der Waals surface area contributed by atoms with Crippen LogP contribution in [0.4, 0.5) is 11.4 Å². The molecule has 1 aliphatic rings. The summed E-state index contributed by atoms with van der Waals surface area (Å²) in [5.41, 5.74) is 2.27. The fraction of sp³-hybridized carbons (Fsp3) is 0.258. The zero-order valence-corrected chi connectivity index (χ0v) is 21.3. The molecular weight excluding hydrogens is 478 g/mol. The quantitative estimate of drug-likeness (QED) is 0.120. The summed E-state index contributed by atoms with van der Waals surface area (Å²) >= 11 is 0. The summed E-state index contributed by atoms with van der Waals surface area (Å²) in [6.45, 7) is 2.87. The Morgan fingerprint density at radius 1 is 0.816 bits per heavy atom. The highest BCUT2D eigenvalue weighted by atomic mass is 16.6. The van der Waals surface area contributed by atoms with Crippen LogP contribution in [-0.4, -0.2) is 28.0 Å². The lowest BCUT2D eigenvalue weighted by molar-refractivity contribution is -0.385. The number of anilines is 1. The van der Waals surface area contributed by atoms with Gasteiger partial charge in [-0.25, -0.2) is 4.98 Å². The van der Waals surface area contributed by atoms with Crippen LogP contribution in [-0.2, 0) is 0 Å². The molecule has 192 valence electrons. The average Bonchev–Trinajstić information content (AvgIpc) is 2.94.